The fourth-order valence-corrected chi connectivity index (χ4v) is 17.8. The predicted molar refractivity (Wildman–Crippen MR) is 298 cm³/mol. The van der Waals surface area contributed by atoms with Crippen molar-refractivity contribution in [2.45, 2.75) is 282 Å². The Kier molecular flexibility index (Phi) is 80.0. The van der Waals surface area contributed by atoms with Gasteiger partial charge < -0.3 is 18.4 Å². The topological polar surface area (TPSA) is 416 Å². The van der Waals surface area contributed by atoms with Crippen LogP contribution in [0.1, 0.15) is 244 Å². The molecule has 0 saturated heterocycles. The molecule has 0 radical (unpaired) electrons. The van der Waals surface area contributed by atoms with Crippen LogP contribution in [0, 0.1) is 0 Å². The zero-order chi connectivity index (χ0) is 68.5. The van der Waals surface area contributed by atoms with E-state index in [9.17, 15) is 4.79 Å². The number of carbonyl (C=O) groups is 1. The Morgan fingerprint density at radius 3 is 0.642 bits per heavy atom. The summed E-state index contributed by atoms with van der Waals surface area (Å²) in [4.78, 5) is 15.2. The second kappa shape index (κ2) is 81.4. The fraction of sp³-hybridized carbons (Fsp3) is 0.980. The Bertz CT molecular complexity index is 1440. The second-order valence-electron chi connectivity index (χ2n) is 21.7. The molecule has 45 heteroatoms. The van der Waals surface area contributed by atoms with Crippen LogP contribution in [0.15, 0.2) is 0 Å². The minimum atomic E-state index is -2.00. The summed E-state index contributed by atoms with van der Waals surface area (Å²) in [6, 6.07) is 1.79. The molecule has 0 fully saturated rings. The van der Waals surface area contributed by atoms with Crippen LogP contribution in [0.3, 0.4) is 0 Å². The molecular weight excluding hydrogens is 1340 g/mol. The molecule has 0 aliphatic heterocycles. The largest absolute Gasteiger partial charge is 0.455 e. The summed E-state index contributed by atoms with van der Waals surface area (Å²) in [5.74, 6) is 0. The van der Waals surface area contributed by atoms with Gasteiger partial charge in [0.2, 0.25) is 0 Å². The van der Waals surface area contributed by atoms with Gasteiger partial charge in [-0.25, -0.2) is 10.1 Å². The summed E-state index contributed by atoms with van der Waals surface area (Å²) < 4.78 is 18.3. The van der Waals surface area contributed by atoms with Gasteiger partial charge in [-0.2, -0.15) is 0 Å². The van der Waals surface area contributed by atoms with E-state index in [2.05, 4.69) is 213 Å². The van der Waals surface area contributed by atoms with Gasteiger partial charge in [-0.15, -0.1) is 0 Å². The van der Waals surface area contributed by atoms with Gasteiger partial charge in [0.15, 0.2) is 16.6 Å². The van der Waals surface area contributed by atoms with Gasteiger partial charge in [0, 0.05) is 125 Å². The second-order valence-corrected chi connectivity index (χ2v) is 30.6. The Hall–Kier alpha value is -1.58. The Balaban J connectivity index is 3.31. The molecule has 0 amide bonds. The maximum Gasteiger partial charge on any atom is 0.173 e. The van der Waals surface area contributed by atoms with Crippen molar-refractivity contribution in [3.63, 3.8) is 0 Å². The predicted octanol–water partition coefficient (Wildman–Crippen LogP) is 14.4. The first kappa shape index (κ1) is 93.4. The maximum atomic E-state index is 10.4. The number of hydrogen-bond acceptors (Lipinski definition) is 43. The molecule has 0 unspecified atom stereocenters. The monoisotopic (exact) mass is 1450 g/mol. The highest BCUT2D eigenvalue weighted by Gasteiger charge is 2.32. The van der Waals surface area contributed by atoms with Crippen LogP contribution in [0.5, 0.6) is 0 Å². The molecule has 0 aromatic heterocycles. The molecule has 0 aromatic rings. The summed E-state index contributed by atoms with van der Waals surface area (Å²) in [5, 5.41) is 141. The lowest BCUT2D eigenvalue weighted by molar-refractivity contribution is -0.908. The standard InChI is InChI=1S/C50H104O43Si2/c1-94(2,49-41-45-54-48-47-53-44-40-38-36-34-32-30-28-26-24-22-20-18-16-14-12-10-8-6-5-7-9-11-13-15-17-19-21-23-25-27-29-31-33-35-37-39-43-51)93-95(3,4)50-42-46-55-57-59-61-63-65-67-69-71-73-75-77-79-81-83-85-87-89-91-92-90-88-86-84-82-80-78-76-74-72-70-68-66-64-62-60-58-56-52/h43,52H,5-42,44-50H2,1-4H3. The molecule has 570 valence electrons. The number of ether oxygens (including phenoxy) is 2. The molecule has 95 heavy (non-hydrogen) atoms. The number of carbonyl (C=O) groups excluding carboxylic acids is 1. The van der Waals surface area contributed by atoms with Crippen LogP contribution in [0.25, 0.3) is 0 Å². The van der Waals surface area contributed by atoms with E-state index in [0.29, 0.717) is 26.2 Å². The number of aldehydes is 1. The lowest BCUT2D eigenvalue weighted by Crippen LogP contribution is -2.44. The van der Waals surface area contributed by atoms with Gasteiger partial charge in [0.1, 0.15) is 6.29 Å². The third kappa shape index (κ3) is 84.8. The van der Waals surface area contributed by atoms with Gasteiger partial charge in [0.25, 0.3) is 0 Å². The van der Waals surface area contributed by atoms with Crippen LogP contribution < -0.4 is 0 Å². The van der Waals surface area contributed by atoms with Gasteiger partial charge in [-0.05, 0) is 145 Å². The van der Waals surface area contributed by atoms with Crippen molar-refractivity contribution in [2.75, 3.05) is 33.0 Å². The molecule has 0 spiro atoms. The number of hydrogen-bond donors (Lipinski definition) is 1. The van der Waals surface area contributed by atoms with Crippen LogP contribution in [-0.2, 0) is 210 Å². The van der Waals surface area contributed by atoms with E-state index in [1.807, 2.05) is 0 Å². The molecule has 0 atom stereocenters. The van der Waals surface area contributed by atoms with Crippen LogP contribution in [0.4, 0.5) is 0 Å². The molecule has 0 rings (SSSR count). The first-order chi connectivity index (χ1) is 46.8. The van der Waals surface area contributed by atoms with Crippen LogP contribution >= 0.6 is 0 Å². The van der Waals surface area contributed by atoms with Crippen molar-refractivity contribution < 1.29 is 215 Å². The normalized spacial score (nSPS) is 12.1. The first-order valence-electron chi connectivity index (χ1n) is 32.1. The van der Waals surface area contributed by atoms with E-state index in [1.165, 1.54) is 212 Å². The number of unbranched alkanes of at least 4 members (excludes halogenated alkanes) is 35. The van der Waals surface area contributed by atoms with Gasteiger partial charge in [0.05, 0.1) is 19.8 Å². The quantitative estimate of drug-likeness (QED) is 0.0194. The third-order valence-corrected chi connectivity index (χ3v) is 20.7. The zero-order valence-corrected chi connectivity index (χ0v) is 57.0. The van der Waals surface area contributed by atoms with E-state index >= 15 is 0 Å². The van der Waals surface area contributed by atoms with E-state index < -0.39 is 16.6 Å². The van der Waals surface area contributed by atoms with Crippen LogP contribution in [0.2, 0.25) is 38.3 Å². The van der Waals surface area contributed by atoms with Crippen molar-refractivity contribution >= 4 is 22.9 Å². The number of rotatable bonds is 88. The van der Waals surface area contributed by atoms with Crippen molar-refractivity contribution in [3.05, 3.63) is 0 Å². The molecular formula is C50H104O43Si2. The van der Waals surface area contributed by atoms with Gasteiger partial charge in [-0.3, -0.25) is 0 Å². The fourth-order valence-electron chi connectivity index (χ4n) is 9.05. The minimum Gasteiger partial charge on any atom is -0.455 e. The van der Waals surface area contributed by atoms with Crippen molar-refractivity contribution in [1.29, 1.82) is 0 Å². The summed E-state index contributed by atoms with van der Waals surface area (Å²) in [7, 11) is -3.91. The Morgan fingerprint density at radius 1 is 0.221 bits per heavy atom. The maximum absolute atomic E-state index is 10.4. The molecule has 43 nitrogen and oxygen atoms in total. The molecule has 0 heterocycles. The van der Waals surface area contributed by atoms with Crippen molar-refractivity contribution in [1.82, 2.24) is 0 Å². The third-order valence-electron chi connectivity index (χ3n) is 13.2. The average Bonchev–Trinajstić information content (AvgIpc) is 1.06. The lowest BCUT2D eigenvalue weighted by Gasteiger charge is -2.34. The molecule has 0 aromatic carbocycles. The average molecular weight is 1450 g/mol. The van der Waals surface area contributed by atoms with Crippen LogP contribution in [-0.4, -0.2) is 61.2 Å². The lowest BCUT2D eigenvalue weighted by atomic mass is 10.0. The van der Waals surface area contributed by atoms with E-state index in [0.717, 1.165) is 50.7 Å². The smallest absolute Gasteiger partial charge is 0.173 e. The molecule has 0 saturated carbocycles. The highest BCUT2D eigenvalue weighted by molar-refractivity contribution is 6.84. The summed E-state index contributed by atoms with van der Waals surface area (Å²) in [6.07, 6.45) is 51.6. The summed E-state index contributed by atoms with van der Waals surface area (Å²) in [6.45, 7) is 11.6. The van der Waals surface area contributed by atoms with Crippen molar-refractivity contribution in [3.8, 4) is 0 Å². The van der Waals surface area contributed by atoms with E-state index in [4.69, 9.17) is 23.7 Å². The minimum absolute atomic E-state index is 0.156. The SMILES string of the molecule is C[Si](C)(CCCOCCOCCCCCCCCCCCCCCCCCCCCCCCCCCCCCCCCCCCCCC=O)O[Si](C)(C)CCCOOOOOOOOOOOOOOOOOOOOOOOOOOOOOOOOOOOOOOO. The summed E-state index contributed by atoms with van der Waals surface area (Å²) in [5.41, 5.74) is 0. The van der Waals surface area contributed by atoms with Gasteiger partial charge >= 0.3 is 0 Å². The molecule has 0 bridgehead atoms. The van der Waals surface area contributed by atoms with Crippen molar-refractivity contribution in [2.24, 2.45) is 0 Å². The first-order valence-corrected chi connectivity index (χ1v) is 38.3. The Labute approximate surface area is 552 Å². The summed E-state index contributed by atoms with van der Waals surface area (Å²) >= 11 is 0. The highest BCUT2D eigenvalue weighted by atomic mass is 28.4. The molecule has 0 aliphatic rings. The zero-order valence-electron chi connectivity index (χ0n) is 55.0. The molecule has 1 N–H and O–H groups in total. The Morgan fingerprint density at radius 2 is 0.411 bits per heavy atom. The van der Waals surface area contributed by atoms with E-state index in [1.54, 1.807) is 0 Å². The van der Waals surface area contributed by atoms with E-state index in [-0.39, 0.29) is 6.61 Å². The molecule has 0 aliphatic carbocycles. The highest BCUT2D eigenvalue weighted by Crippen LogP contribution is 2.24. The van der Waals surface area contributed by atoms with Gasteiger partial charge in [-0.1, -0.05) is 212 Å².